The van der Waals surface area contributed by atoms with Crippen molar-refractivity contribution in [1.82, 2.24) is 4.90 Å². The van der Waals surface area contributed by atoms with E-state index in [0.29, 0.717) is 10.8 Å². The summed E-state index contributed by atoms with van der Waals surface area (Å²) in [5.74, 6) is -0.536. The number of halogens is 1. The molecule has 6 nitrogen and oxygen atoms in total. The Hall–Kier alpha value is -1.95. The molecular weight excluding hydrogens is 322 g/mol. The molecule has 1 fully saturated rings. The molecule has 1 N–H and O–H groups in total. The van der Waals surface area contributed by atoms with E-state index in [4.69, 9.17) is 21.1 Å². The largest absolute Gasteiger partial charge is 0.488 e. The molecule has 2 rings (SSSR count). The molecule has 0 aromatic heterocycles. The van der Waals surface area contributed by atoms with Crippen LogP contribution in [0.4, 0.5) is 4.79 Å². The molecule has 1 amide bonds. The van der Waals surface area contributed by atoms with Crippen molar-refractivity contribution in [3.8, 4) is 5.75 Å². The van der Waals surface area contributed by atoms with E-state index in [1.54, 1.807) is 45.0 Å². The summed E-state index contributed by atoms with van der Waals surface area (Å²) in [5.41, 5.74) is -0.688. The van der Waals surface area contributed by atoms with Gasteiger partial charge in [0.25, 0.3) is 0 Å². The topological polar surface area (TPSA) is 76.1 Å². The lowest BCUT2D eigenvalue weighted by molar-refractivity contribution is -0.142. The van der Waals surface area contributed by atoms with Gasteiger partial charge in [0.05, 0.1) is 6.54 Å². The molecule has 1 aromatic carbocycles. The summed E-state index contributed by atoms with van der Waals surface area (Å²) in [6.07, 6.45) is -0.884. The number of ether oxygens (including phenoxy) is 2. The predicted molar refractivity (Wildman–Crippen MR) is 84.8 cm³/mol. The molecule has 0 aliphatic carbocycles. The first kappa shape index (κ1) is 17.4. The molecule has 1 aromatic rings. The summed E-state index contributed by atoms with van der Waals surface area (Å²) in [6, 6.07) is 5.88. The summed E-state index contributed by atoms with van der Waals surface area (Å²) in [5, 5.41) is 9.86. The van der Waals surface area contributed by atoms with Crippen molar-refractivity contribution in [2.24, 2.45) is 0 Å². The molecule has 0 radical (unpaired) electrons. The highest BCUT2D eigenvalue weighted by Gasteiger charge is 2.42. The van der Waals surface area contributed by atoms with E-state index in [0.717, 1.165) is 0 Å². The monoisotopic (exact) mass is 341 g/mol. The van der Waals surface area contributed by atoms with Crippen LogP contribution in [0.5, 0.6) is 5.75 Å². The summed E-state index contributed by atoms with van der Waals surface area (Å²) in [4.78, 5) is 24.8. The average molecular weight is 342 g/mol. The van der Waals surface area contributed by atoms with Gasteiger partial charge in [0.1, 0.15) is 23.5 Å². The Morgan fingerprint density at radius 1 is 1.35 bits per heavy atom. The summed E-state index contributed by atoms with van der Waals surface area (Å²) < 4.78 is 11.0. The third kappa shape index (κ3) is 4.76. The van der Waals surface area contributed by atoms with Gasteiger partial charge in [0, 0.05) is 11.4 Å². The number of aliphatic carboxylic acids is 1. The quantitative estimate of drug-likeness (QED) is 0.913. The predicted octanol–water partition coefficient (Wildman–Crippen LogP) is 3.18. The Bertz CT molecular complexity index is 598. The Morgan fingerprint density at radius 2 is 2.04 bits per heavy atom. The van der Waals surface area contributed by atoms with Gasteiger partial charge in [-0.15, -0.1) is 0 Å². The highest BCUT2D eigenvalue weighted by Crippen LogP contribution is 2.26. The Labute approximate surface area is 139 Å². The molecule has 0 spiro atoms. The average Bonchev–Trinajstić information content (AvgIpc) is 2.81. The van der Waals surface area contributed by atoms with Crippen LogP contribution in [0.25, 0.3) is 0 Å². The second kappa shape index (κ2) is 6.66. The van der Waals surface area contributed by atoms with Gasteiger partial charge in [-0.1, -0.05) is 17.7 Å². The molecule has 23 heavy (non-hydrogen) atoms. The molecular formula is C16H20ClNO5. The fraction of sp³-hybridized carbons (Fsp3) is 0.500. The van der Waals surface area contributed by atoms with E-state index in [9.17, 15) is 14.7 Å². The SMILES string of the molecule is CC(C)(C)OC(=O)N1CC(Oc2cccc(Cl)c2)CC1C(=O)O. The van der Waals surface area contributed by atoms with Crippen LogP contribution >= 0.6 is 11.6 Å². The van der Waals surface area contributed by atoms with Gasteiger partial charge < -0.3 is 14.6 Å². The van der Waals surface area contributed by atoms with Gasteiger partial charge in [-0.2, -0.15) is 0 Å². The molecule has 126 valence electrons. The van der Waals surface area contributed by atoms with Crippen molar-refractivity contribution >= 4 is 23.7 Å². The number of hydrogen-bond donors (Lipinski definition) is 1. The first-order valence-electron chi connectivity index (χ1n) is 7.30. The molecule has 1 aliphatic rings. The van der Waals surface area contributed by atoms with Crippen molar-refractivity contribution in [2.45, 2.75) is 44.9 Å². The van der Waals surface area contributed by atoms with Crippen LogP contribution in [-0.4, -0.2) is 46.4 Å². The molecule has 2 atom stereocenters. The van der Waals surface area contributed by atoms with E-state index >= 15 is 0 Å². The van der Waals surface area contributed by atoms with Gasteiger partial charge >= 0.3 is 12.1 Å². The molecule has 1 heterocycles. The Morgan fingerprint density at radius 3 is 2.61 bits per heavy atom. The van der Waals surface area contributed by atoms with Crippen molar-refractivity contribution in [1.29, 1.82) is 0 Å². The minimum atomic E-state index is -1.08. The normalized spacial score (nSPS) is 21.1. The smallest absolute Gasteiger partial charge is 0.411 e. The highest BCUT2D eigenvalue weighted by atomic mass is 35.5. The van der Waals surface area contributed by atoms with Gasteiger partial charge in [0.15, 0.2) is 0 Å². The second-order valence-corrected chi connectivity index (χ2v) is 6.86. The van der Waals surface area contributed by atoms with Crippen LogP contribution in [0.15, 0.2) is 24.3 Å². The maximum absolute atomic E-state index is 12.2. The number of nitrogens with zero attached hydrogens (tertiary/aromatic N) is 1. The zero-order chi connectivity index (χ0) is 17.2. The number of benzene rings is 1. The van der Waals surface area contributed by atoms with Crippen molar-refractivity contribution in [3.05, 3.63) is 29.3 Å². The van der Waals surface area contributed by atoms with Crippen molar-refractivity contribution in [2.75, 3.05) is 6.54 Å². The van der Waals surface area contributed by atoms with Crippen LogP contribution in [-0.2, 0) is 9.53 Å². The summed E-state index contributed by atoms with van der Waals surface area (Å²) in [6.45, 7) is 5.35. The number of carboxylic acid groups (broad SMARTS) is 1. The zero-order valence-corrected chi connectivity index (χ0v) is 14.0. The molecule has 2 unspecified atom stereocenters. The van der Waals surface area contributed by atoms with E-state index in [2.05, 4.69) is 0 Å². The summed E-state index contributed by atoms with van der Waals surface area (Å²) >= 11 is 5.90. The minimum Gasteiger partial charge on any atom is -0.488 e. The van der Waals surface area contributed by atoms with Gasteiger partial charge in [-0.3, -0.25) is 4.90 Å². The molecule has 1 aliphatic heterocycles. The molecule has 0 saturated carbocycles. The standard InChI is InChI=1S/C16H20ClNO5/c1-16(2,3)23-15(21)18-9-12(8-13(18)14(19)20)22-11-6-4-5-10(17)7-11/h4-7,12-13H,8-9H2,1-3H3,(H,19,20). The lowest BCUT2D eigenvalue weighted by Crippen LogP contribution is -2.43. The van der Waals surface area contributed by atoms with Crippen molar-refractivity contribution < 1.29 is 24.2 Å². The van der Waals surface area contributed by atoms with E-state index < -0.39 is 29.8 Å². The van der Waals surface area contributed by atoms with Gasteiger partial charge in [0.2, 0.25) is 0 Å². The fourth-order valence-electron chi connectivity index (χ4n) is 2.37. The highest BCUT2D eigenvalue weighted by molar-refractivity contribution is 6.30. The minimum absolute atomic E-state index is 0.151. The zero-order valence-electron chi connectivity index (χ0n) is 13.3. The molecule has 1 saturated heterocycles. The number of amides is 1. The van der Waals surface area contributed by atoms with E-state index in [1.165, 1.54) is 4.90 Å². The number of likely N-dealkylation sites (tertiary alicyclic amines) is 1. The van der Waals surface area contributed by atoms with E-state index in [-0.39, 0.29) is 13.0 Å². The number of carbonyl (C=O) groups excluding carboxylic acids is 1. The number of carbonyl (C=O) groups is 2. The molecule has 0 bridgehead atoms. The first-order valence-corrected chi connectivity index (χ1v) is 7.68. The number of carboxylic acids is 1. The first-order chi connectivity index (χ1) is 10.7. The van der Waals surface area contributed by atoms with Crippen LogP contribution in [0.1, 0.15) is 27.2 Å². The lowest BCUT2D eigenvalue weighted by atomic mass is 10.2. The Balaban J connectivity index is 2.08. The van der Waals surface area contributed by atoms with Crippen LogP contribution < -0.4 is 4.74 Å². The third-order valence-electron chi connectivity index (χ3n) is 3.27. The van der Waals surface area contributed by atoms with Crippen molar-refractivity contribution in [3.63, 3.8) is 0 Å². The van der Waals surface area contributed by atoms with Gasteiger partial charge in [-0.05, 0) is 39.0 Å². The fourth-order valence-corrected chi connectivity index (χ4v) is 2.55. The van der Waals surface area contributed by atoms with Gasteiger partial charge in [-0.25, -0.2) is 9.59 Å². The van der Waals surface area contributed by atoms with E-state index in [1.807, 2.05) is 0 Å². The molecule has 7 heteroatoms. The number of hydrogen-bond acceptors (Lipinski definition) is 4. The maximum atomic E-state index is 12.2. The second-order valence-electron chi connectivity index (χ2n) is 6.42. The Kier molecular flexibility index (Phi) is 5.04. The van der Waals surface area contributed by atoms with Crippen LogP contribution in [0.3, 0.4) is 0 Å². The lowest BCUT2D eigenvalue weighted by Gasteiger charge is -2.26. The number of rotatable bonds is 3. The maximum Gasteiger partial charge on any atom is 0.411 e. The van der Waals surface area contributed by atoms with Crippen LogP contribution in [0.2, 0.25) is 5.02 Å². The van der Waals surface area contributed by atoms with Crippen LogP contribution in [0, 0.1) is 0 Å². The summed E-state index contributed by atoms with van der Waals surface area (Å²) in [7, 11) is 0. The third-order valence-corrected chi connectivity index (χ3v) is 3.51.